The third-order valence-electron chi connectivity index (χ3n) is 8.52. The first-order valence-corrected chi connectivity index (χ1v) is 12.3. The fraction of sp³-hybridized carbons (Fsp3) is 0.958. The first-order chi connectivity index (χ1) is 13.4. The zero-order valence-electron chi connectivity index (χ0n) is 19.4. The van der Waals surface area contributed by atoms with Gasteiger partial charge in [-0.15, -0.1) is 0 Å². The normalized spacial score (nSPS) is 34.5. The van der Waals surface area contributed by atoms with Gasteiger partial charge in [0, 0.05) is 25.4 Å². The molecule has 0 aromatic rings. The molecule has 3 fully saturated rings. The van der Waals surface area contributed by atoms with Crippen molar-refractivity contribution in [2.24, 2.45) is 16.8 Å². The Morgan fingerprint density at radius 1 is 1.04 bits per heavy atom. The van der Waals surface area contributed by atoms with Crippen LogP contribution in [-0.2, 0) is 0 Å². The molecule has 0 spiro atoms. The summed E-state index contributed by atoms with van der Waals surface area (Å²) in [6, 6.07) is 1.90. The Morgan fingerprint density at radius 3 is 2.46 bits per heavy atom. The quantitative estimate of drug-likeness (QED) is 0.439. The summed E-state index contributed by atoms with van der Waals surface area (Å²) in [4.78, 5) is 7.87. The number of hydrogen-bond donors (Lipinski definition) is 1. The first-order valence-electron chi connectivity index (χ1n) is 12.3. The van der Waals surface area contributed by atoms with Crippen molar-refractivity contribution in [2.75, 3.05) is 39.8 Å². The van der Waals surface area contributed by atoms with Crippen LogP contribution < -0.4 is 5.32 Å². The minimum absolute atomic E-state index is 0.419. The Bertz CT molecular complexity index is 505. The van der Waals surface area contributed by atoms with Crippen LogP contribution in [0.4, 0.5) is 0 Å². The van der Waals surface area contributed by atoms with Gasteiger partial charge in [0.05, 0.1) is 38.1 Å². The van der Waals surface area contributed by atoms with E-state index in [0.29, 0.717) is 18.0 Å². The first kappa shape index (κ1) is 22.1. The average molecular weight is 392 g/mol. The molecule has 4 nitrogen and oxygen atoms in total. The molecule has 0 bridgehead atoms. The van der Waals surface area contributed by atoms with E-state index >= 15 is 0 Å². The maximum absolute atomic E-state index is 5.23. The van der Waals surface area contributed by atoms with Crippen LogP contribution in [0.3, 0.4) is 0 Å². The fourth-order valence-electron chi connectivity index (χ4n) is 6.15. The molecule has 0 amide bonds. The SMILES string of the molecule is CC(=NC(C)C(C)C1CCCNC1)N1CCC([N+]2(C)CCCCC2)CCC1C. The van der Waals surface area contributed by atoms with Gasteiger partial charge in [-0.2, -0.15) is 0 Å². The van der Waals surface area contributed by atoms with Crippen LogP contribution in [0.15, 0.2) is 4.99 Å². The molecule has 4 heteroatoms. The van der Waals surface area contributed by atoms with Crippen molar-refractivity contribution in [1.29, 1.82) is 0 Å². The van der Waals surface area contributed by atoms with E-state index in [9.17, 15) is 0 Å². The van der Waals surface area contributed by atoms with E-state index in [1.807, 2.05) is 0 Å². The molecule has 1 N–H and O–H groups in total. The molecule has 3 saturated heterocycles. The second kappa shape index (κ2) is 9.93. The largest absolute Gasteiger partial charge is 0.358 e. The van der Waals surface area contributed by atoms with E-state index < -0.39 is 0 Å². The Balaban J connectivity index is 1.60. The van der Waals surface area contributed by atoms with E-state index in [1.54, 1.807) is 0 Å². The molecule has 3 aliphatic heterocycles. The van der Waals surface area contributed by atoms with E-state index in [1.165, 1.54) is 94.4 Å². The van der Waals surface area contributed by atoms with Crippen molar-refractivity contribution in [3.8, 4) is 0 Å². The summed E-state index contributed by atoms with van der Waals surface area (Å²) < 4.78 is 1.33. The van der Waals surface area contributed by atoms with Gasteiger partial charge in [-0.3, -0.25) is 4.99 Å². The third-order valence-corrected chi connectivity index (χ3v) is 8.52. The number of rotatable bonds is 4. The summed E-state index contributed by atoms with van der Waals surface area (Å²) in [7, 11) is 2.53. The van der Waals surface area contributed by atoms with Crippen LogP contribution in [0, 0.1) is 11.8 Å². The summed E-state index contributed by atoms with van der Waals surface area (Å²) in [6.45, 7) is 15.8. The maximum Gasteiger partial charge on any atom is 0.0963 e. The lowest BCUT2D eigenvalue weighted by atomic mass is 9.83. The zero-order chi connectivity index (χ0) is 20.1. The molecule has 0 saturated carbocycles. The predicted octanol–water partition coefficient (Wildman–Crippen LogP) is 4.30. The number of hydrogen-bond acceptors (Lipinski definition) is 2. The smallest absolute Gasteiger partial charge is 0.0963 e. The Labute approximate surface area is 174 Å². The molecule has 0 aliphatic carbocycles. The van der Waals surface area contributed by atoms with Crippen LogP contribution in [0.5, 0.6) is 0 Å². The van der Waals surface area contributed by atoms with Gasteiger partial charge in [0.15, 0.2) is 0 Å². The summed E-state index contributed by atoms with van der Waals surface area (Å²) >= 11 is 0. The van der Waals surface area contributed by atoms with Crippen molar-refractivity contribution < 1.29 is 4.48 Å². The third kappa shape index (κ3) is 5.30. The van der Waals surface area contributed by atoms with Crippen LogP contribution >= 0.6 is 0 Å². The van der Waals surface area contributed by atoms with Crippen LogP contribution in [0.1, 0.15) is 79.1 Å². The molecule has 0 aromatic heterocycles. The fourth-order valence-corrected chi connectivity index (χ4v) is 6.15. The number of amidine groups is 1. The minimum atomic E-state index is 0.419. The molecule has 5 atom stereocenters. The highest BCUT2D eigenvalue weighted by molar-refractivity contribution is 5.80. The molecule has 5 unspecified atom stereocenters. The summed E-state index contributed by atoms with van der Waals surface area (Å²) in [5.74, 6) is 2.74. The number of quaternary nitrogens is 1. The van der Waals surface area contributed by atoms with Gasteiger partial charge >= 0.3 is 0 Å². The zero-order valence-corrected chi connectivity index (χ0v) is 19.4. The van der Waals surface area contributed by atoms with Crippen molar-refractivity contribution in [3.63, 3.8) is 0 Å². The average Bonchev–Trinajstić information content (AvgIpc) is 2.90. The van der Waals surface area contributed by atoms with Crippen molar-refractivity contribution in [3.05, 3.63) is 0 Å². The Morgan fingerprint density at radius 2 is 1.79 bits per heavy atom. The molecule has 3 rings (SSSR count). The Hall–Kier alpha value is -0.610. The van der Waals surface area contributed by atoms with Crippen molar-refractivity contribution in [1.82, 2.24) is 10.2 Å². The summed E-state index contributed by atoms with van der Waals surface area (Å²) in [5.41, 5.74) is 0. The van der Waals surface area contributed by atoms with E-state index in [-0.39, 0.29) is 0 Å². The van der Waals surface area contributed by atoms with Crippen molar-refractivity contribution in [2.45, 2.75) is 97.2 Å². The predicted molar refractivity (Wildman–Crippen MR) is 121 cm³/mol. The number of nitrogens with zero attached hydrogens (tertiary/aromatic N) is 3. The lowest BCUT2D eigenvalue weighted by molar-refractivity contribution is -0.938. The molecule has 28 heavy (non-hydrogen) atoms. The van der Waals surface area contributed by atoms with Gasteiger partial charge in [0.1, 0.15) is 0 Å². The Kier molecular flexibility index (Phi) is 7.83. The highest BCUT2D eigenvalue weighted by Crippen LogP contribution is 2.30. The van der Waals surface area contributed by atoms with Crippen LogP contribution in [-0.4, -0.2) is 73.1 Å². The van der Waals surface area contributed by atoms with E-state index in [4.69, 9.17) is 4.99 Å². The highest BCUT2D eigenvalue weighted by atomic mass is 15.4. The molecule has 3 aliphatic rings. The maximum atomic E-state index is 5.23. The lowest BCUT2D eigenvalue weighted by Crippen LogP contribution is -2.55. The number of likely N-dealkylation sites (tertiary alicyclic amines) is 2. The van der Waals surface area contributed by atoms with Gasteiger partial charge in [-0.05, 0) is 84.2 Å². The summed E-state index contributed by atoms with van der Waals surface area (Å²) in [5, 5.41) is 3.58. The standard InChI is InChI=1S/C24H47N4/c1-19-11-12-24(28(5)16-7-6-8-17-28)13-15-27(19)22(4)26-21(3)20(2)23-10-9-14-25-18-23/h19-21,23-25H,6-18H2,1-5H3/q+1. The van der Waals surface area contributed by atoms with E-state index in [2.05, 4.69) is 45.0 Å². The van der Waals surface area contributed by atoms with Gasteiger partial charge in [-0.25, -0.2) is 0 Å². The van der Waals surface area contributed by atoms with Crippen LogP contribution in [0.2, 0.25) is 0 Å². The van der Waals surface area contributed by atoms with Gasteiger partial charge in [-0.1, -0.05) is 6.92 Å². The molecular weight excluding hydrogens is 344 g/mol. The molecule has 3 heterocycles. The second-order valence-corrected chi connectivity index (χ2v) is 10.4. The van der Waals surface area contributed by atoms with E-state index in [0.717, 1.165) is 12.0 Å². The van der Waals surface area contributed by atoms with Gasteiger partial charge in [0.25, 0.3) is 0 Å². The lowest BCUT2D eigenvalue weighted by Gasteiger charge is -2.44. The van der Waals surface area contributed by atoms with Gasteiger partial charge < -0.3 is 14.7 Å². The van der Waals surface area contributed by atoms with Gasteiger partial charge in [0.2, 0.25) is 0 Å². The molecule has 0 radical (unpaired) electrons. The molecular formula is C24H47N4+. The topological polar surface area (TPSA) is 27.6 Å². The minimum Gasteiger partial charge on any atom is -0.358 e. The van der Waals surface area contributed by atoms with Crippen LogP contribution in [0.25, 0.3) is 0 Å². The molecule has 162 valence electrons. The molecule has 0 aromatic carbocycles. The summed E-state index contributed by atoms with van der Waals surface area (Å²) in [6.07, 6.45) is 11.0. The number of piperidine rings is 2. The van der Waals surface area contributed by atoms with Crippen molar-refractivity contribution >= 4 is 5.84 Å². The highest BCUT2D eigenvalue weighted by Gasteiger charge is 2.37. The number of aliphatic imine (C=N–C) groups is 1. The monoisotopic (exact) mass is 391 g/mol. The second-order valence-electron chi connectivity index (χ2n) is 10.4. The number of nitrogens with one attached hydrogen (secondary N) is 1.